The summed E-state index contributed by atoms with van der Waals surface area (Å²) in [5, 5.41) is 0. The van der Waals surface area contributed by atoms with Gasteiger partial charge < -0.3 is 0 Å². The summed E-state index contributed by atoms with van der Waals surface area (Å²) in [4.78, 5) is 16.0. The minimum atomic E-state index is -0.0451. The highest BCUT2D eigenvalue weighted by Crippen LogP contribution is 2.70. The van der Waals surface area contributed by atoms with Crippen LogP contribution in [0.3, 0.4) is 0 Å². The van der Waals surface area contributed by atoms with E-state index in [2.05, 4.69) is 129 Å². The minimum absolute atomic E-state index is 0.0263. The van der Waals surface area contributed by atoms with Crippen molar-refractivity contribution in [1.82, 2.24) is 15.0 Å². The molecular formula is C46H39N3. The molecule has 5 aromatic carbocycles. The lowest BCUT2D eigenvalue weighted by molar-refractivity contribution is -0.0397. The third-order valence-corrected chi connectivity index (χ3v) is 13.3. The first-order valence-corrected chi connectivity index (χ1v) is 18.3. The van der Waals surface area contributed by atoms with Crippen LogP contribution in [-0.4, -0.2) is 15.0 Å². The highest BCUT2D eigenvalue weighted by molar-refractivity contribution is 5.89. The van der Waals surface area contributed by atoms with Gasteiger partial charge in [-0.15, -0.1) is 0 Å². The van der Waals surface area contributed by atoms with E-state index in [1.54, 1.807) is 5.56 Å². The van der Waals surface area contributed by atoms with E-state index in [0.29, 0.717) is 11.8 Å². The molecule has 0 saturated heterocycles. The number of fused-ring (bicyclic) bond motifs is 6. The summed E-state index contributed by atoms with van der Waals surface area (Å²) in [7, 11) is 0. The molecule has 1 heterocycles. The van der Waals surface area contributed by atoms with Gasteiger partial charge in [0.15, 0.2) is 17.5 Å². The number of nitrogens with zero attached hydrogens (tertiary/aromatic N) is 3. The van der Waals surface area contributed by atoms with Gasteiger partial charge in [-0.25, -0.2) is 15.0 Å². The van der Waals surface area contributed by atoms with Gasteiger partial charge in [-0.3, -0.25) is 0 Å². The Balaban J connectivity index is 1.15. The van der Waals surface area contributed by atoms with Crippen LogP contribution < -0.4 is 0 Å². The molecule has 4 fully saturated rings. The number of aromatic nitrogens is 3. The summed E-state index contributed by atoms with van der Waals surface area (Å²) in [6.07, 6.45) is 6.83. The Kier molecular flexibility index (Phi) is 5.63. The largest absolute Gasteiger partial charge is 0.208 e. The van der Waals surface area contributed by atoms with Gasteiger partial charge in [-0.1, -0.05) is 123 Å². The third-order valence-electron chi connectivity index (χ3n) is 13.3. The van der Waals surface area contributed by atoms with E-state index >= 15 is 0 Å². The second-order valence-electron chi connectivity index (χ2n) is 16.1. The molecule has 4 bridgehead atoms. The zero-order chi connectivity index (χ0) is 32.5. The van der Waals surface area contributed by atoms with E-state index in [-0.39, 0.29) is 10.8 Å². The van der Waals surface area contributed by atoms with Gasteiger partial charge >= 0.3 is 0 Å². The maximum Gasteiger partial charge on any atom is 0.164 e. The van der Waals surface area contributed by atoms with Crippen molar-refractivity contribution in [2.75, 3.05) is 0 Å². The molecule has 0 radical (unpaired) electrons. The molecule has 3 heteroatoms. The zero-order valence-corrected chi connectivity index (χ0v) is 28.2. The van der Waals surface area contributed by atoms with E-state index in [0.717, 1.165) is 40.4 Å². The quantitative estimate of drug-likeness (QED) is 0.195. The molecule has 238 valence electrons. The van der Waals surface area contributed by atoms with Crippen LogP contribution in [0, 0.1) is 23.7 Å². The van der Waals surface area contributed by atoms with Gasteiger partial charge in [0.25, 0.3) is 0 Å². The molecule has 1 aromatic heterocycles. The van der Waals surface area contributed by atoms with Crippen LogP contribution in [-0.2, 0) is 10.8 Å². The average Bonchev–Trinajstić information content (AvgIpc) is 3.56. The molecule has 4 saturated carbocycles. The van der Waals surface area contributed by atoms with Crippen LogP contribution in [0.2, 0.25) is 0 Å². The van der Waals surface area contributed by atoms with Crippen LogP contribution >= 0.6 is 0 Å². The van der Waals surface area contributed by atoms with Gasteiger partial charge in [0.1, 0.15) is 0 Å². The Labute approximate surface area is 288 Å². The number of hydrogen-bond donors (Lipinski definition) is 0. The predicted octanol–water partition coefficient (Wildman–Crippen LogP) is 10.9. The van der Waals surface area contributed by atoms with Crippen LogP contribution in [0.15, 0.2) is 115 Å². The lowest BCUT2D eigenvalue weighted by Gasteiger charge is -2.61. The summed E-state index contributed by atoms with van der Waals surface area (Å²) < 4.78 is 0. The Morgan fingerprint density at radius 1 is 0.449 bits per heavy atom. The molecule has 6 aliphatic carbocycles. The van der Waals surface area contributed by atoms with Gasteiger partial charge in [-0.05, 0) is 106 Å². The Morgan fingerprint density at radius 2 is 1.00 bits per heavy atom. The van der Waals surface area contributed by atoms with E-state index in [1.165, 1.54) is 76.6 Å². The van der Waals surface area contributed by atoms with Gasteiger partial charge in [0.05, 0.1) is 0 Å². The van der Waals surface area contributed by atoms with Crippen molar-refractivity contribution in [1.29, 1.82) is 0 Å². The molecule has 1 spiro atoms. The highest BCUT2D eigenvalue weighted by atomic mass is 15.0. The second kappa shape index (κ2) is 9.85. The lowest BCUT2D eigenvalue weighted by atomic mass is 9.43. The second-order valence-corrected chi connectivity index (χ2v) is 16.1. The van der Waals surface area contributed by atoms with E-state index < -0.39 is 0 Å². The average molecular weight is 634 g/mol. The van der Waals surface area contributed by atoms with E-state index in [9.17, 15) is 0 Å². The number of hydrogen-bond acceptors (Lipinski definition) is 3. The summed E-state index contributed by atoms with van der Waals surface area (Å²) in [5.74, 6) is 5.38. The molecule has 0 N–H and O–H groups in total. The van der Waals surface area contributed by atoms with Gasteiger partial charge in [-0.2, -0.15) is 0 Å². The summed E-state index contributed by atoms with van der Waals surface area (Å²) in [5.41, 5.74) is 14.4. The number of rotatable bonds is 3. The van der Waals surface area contributed by atoms with Crippen molar-refractivity contribution in [3.05, 3.63) is 138 Å². The smallest absolute Gasteiger partial charge is 0.164 e. The van der Waals surface area contributed by atoms with Crippen LogP contribution in [0.1, 0.15) is 68.2 Å². The fourth-order valence-electron chi connectivity index (χ4n) is 11.6. The first-order valence-electron chi connectivity index (χ1n) is 18.3. The molecule has 0 aliphatic heterocycles. The van der Waals surface area contributed by atoms with Crippen molar-refractivity contribution in [2.24, 2.45) is 23.7 Å². The molecule has 6 aromatic rings. The predicted molar refractivity (Wildman–Crippen MR) is 197 cm³/mol. The molecule has 12 rings (SSSR count). The maximum atomic E-state index is 5.43. The van der Waals surface area contributed by atoms with Crippen molar-refractivity contribution in [3.63, 3.8) is 0 Å². The maximum absolute atomic E-state index is 5.43. The lowest BCUT2D eigenvalue weighted by Crippen LogP contribution is -2.55. The Hall–Kier alpha value is -4.89. The molecule has 49 heavy (non-hydrogen) atoms. The monoisotopic (exact) mass is 633 g/mol. The fraction of sp³-hybridized carbons (Fsp3) is 0.283. The third kappa shape index (κ3) is 3.71. The van der Waals surface area contributed by atoms with Crippen molar-refractivity contribution < 1.29 is 0 Å². The summed E-state index contributed by atoms with van der Waals surface area (Å²) in [6.45, 7) is 4.67. The molecule has 0 amide bonds. The zero-order valence-electron chi connectivity index (χ0n) is 28.2. The highest BCUT2D eigenvalue weighted by Gasteiger charge is 2.62. The molecule has 0 atom stereocenters. The standard InChI is InChI=1S/C46H39N3/c1-45(2)38-17-8-6-14-34(38)37-26-30(19-20-39(37)45)43-47-42(29-11-4-3-5-12-29)48-44(49-43)36-16-10-15-35-33-13-7-9-18-40(33)46(41(35)36)31-22-27-21-28(24-31)25-32(46)23-27/h3-20,26-28,31-32H,21-25H2,1-2H3. The first-order chi connectivity index (χ1) is 24.0. The SMILES string of the molecule is CC1(C)c2ccccc2-c2cc(-c3nc(-c4ccccc4)nc(-c4cccc5c4C4(c6ccccc6-5)C5CC6CC(C5)CC4C6)n3)ccc21. The minimum Gasteiger partial charge on any atom is -0.208 e. The normalized spacial score (nSPS) is 26.0. The van der Waals surface area contributed by atoms with Gasteiger partial charge in [0, 0.05) is 27.5 Å². The van der Waals surface area contributed by atoms with Crippen LogP contribution in [0.25, 0.3) is 56.4 Å². The number of benzene rings is 5. The summed E-state index contributed by atoms with van der Waals surface area (Å²) >= 11 is 0. The molecule has 0 unspecified atom stereocenters. The Morgan fingerprint density at radius 3 is 1.73 bits per heavy atom. The Bertz CT molecular complexity index is 2310. The van der Waals surface area contributed by atoms with Crippen LogP contribution in [0.4, 0.5) is 0 Å². The van der Waals surface area contributed by atoms with Crippen molar-refractivity contribution in [2.45, 2.75) is 56.8 Å². The first kappa shape index (κ1) is 28.0. The van der Waals surface area contributed by atoms with E-state index in [4.69, 9.17) is 15.0 Å². The van der Waals surface area contributed by atoms with Crippen LogP contribution in [0.5, 0.6) is 0 Å². The molecular weight excluding hydrogens is 595 g/mol. The topological polar surface area (TPSA) is 38.7 Å². The van der Waals surface area contributed by atoms with E-state index in [1.807, 2.05) is 0 Å². The van der Waals surface area contributed by atoms with Crippen molar-refractivity contribution in [3.8, 4) is 56.4 Å². The molecule has 6 aliphatic rings. The van der Waals surface area contributed by atoms with Crippen molar-refractivity contribution >= 4 is 0 Å². The fourth-order valence-corrected chi connectivity index (χ4v) is 11.6. The van der Waals surface area contributed by atoms with Gasteiger partial charge in [0.2, 0.25) is 0 Å². The molecule has 3 nitrogen and oxygen atoms in total. The summed E-state index contributed by atoms with van der Waals surface area (Å²) in [6, 6.07) is 42.4.